The lowest BCUT2D eigenvalue weighted by Crippen LogP contribution is -2.37. The van der Waals surface area contributed by atoms with Crippen molar-refractivity contribution in [2.24, 2.45) is 17.1 Å². The molecule has 1 heterocycles. The van der Waals surface area contributed by atoms with Crippen LogP contribution in [0.1, 0.15) is 33.1 Å². The highest BCUT2D eigenvalue weighted by Gasteiger charge is 2.44. The summed E-state index contributed by atoms with van der Waals surface area (Å²) < 4.78 is 0. The van der Waals surface area contributed by atoms with Crippen LogP contribution >= 0.6 is 0 Å². The molecule has 1 amide bonds. The molecule has 1 aliphatic heterocycles. The van der Waals surface area contributed by atoms with Crippen LogP contribution in [0.5, 0.6) is 0 Å². The molecular weight excluding hydrogens is 220 g/mol. The minimum Gasteiger partial charge on any atom is -0.481 e. The summed E-state index contributed by atoms with van der Waals surface area (Å²) >= 11 is 0. The van der Waals surface area contributed by atoms with Crippen LogP contribution < -0.4 is 5.73 Å². The fourth-order valence-corrected chi connectivity index (χ4v) is 2.21. The number of hydrogen-bond acceptors (Lipinski definition) is 3. The number of rotatable bonds is 5. The molecular formula is C12H22N2O3. The third-order valence-corrected chi connectivity index (χ3v) is 3.76. The van der Waals surface area contributed by atoms with E-state index in [1.807, 2.05) is 13.8 Å². The number of amides is 1. The van der Waals surface area contributed by atoms with Gasteiger partial charge in [0.2, 0.25) is 5.91 Å². The summed E-state index contributed by atoms with van der Waals surface area (Å²) in [6.45, 7) is 5.17. The molecule has 0 aromatic heterocycles. The molecule has 17 heavy (non-hydrogen) atoms. The number of carbonyl (C=O) groups is 2. The van der Waals surface area contributed by atoms with Gasteiger partial charge in [0, 0.05) is 19.5 Å². The minimum absolute atomic E-state index is 0.0273. The van der Waals surface area contributed by atoms with Gasteiger partial charge < -0.3 is 15.7 Å². The first-order valence-electron chi connectivity index (χ1n) is 6.16. The van der Waals surface area contributed by atoms with Gasteiger partial charge in [0.25, 0.3) is 0 Å². The van der Waals surface area contributed by atoms with Crippen LogP contribution in [0.4, 0.5) is 0 Å². The molecule has 0 spiro atoms. The Bertz CT molecular complexity index is 306. The van der Waals surface area contributed by atoms with E-state index in [0.717, 1.165) is 0 Å². The average Bonchev–Trinajstić information content (AvgIpc) is 2.74. The van der Waals surface area contributed by atoms with Gasteiger partial charge in [-0.1, -0.05) is 13.8 Å². The summed E-state index contributed by atoms with van der Waals surface area (Å²) in [5.74, 6) is -0.606. The molecule has 1 fully saturated rings. The van der Waals surface area contributed by atoms with Gasteiger partial charge in [-0.2, -0.15) is 0 Å². The summed E-state index contributed by atoms with van der Waals surface area (Å²) in [5.41, 5.74) is 4.75. The maximum Gasteiger partial charge on any atom is 0.311 e. The molecule has 1 saturated heterocycles. The van der Waals surface area contributed by atoms with Crippen molar-refractivity contribution in [1.29, 1.82) is 0 Å². The van der Waals surface area contributed by atoms with Crippen molar-refractivity contribution in [1.82, 2.24) is 4.90 Å². The Kier molecular flexibility index (Phi) is 4.51. The van der Waals surface area contributed by atoms with Crippen LogP contribution in [-0.2, 0) is 9.59 Å². The van der Waals surface area contributed by atoms with Crippen molar-refractivity contribution in [2.75, 3.05) is 19.6 Å². The van der Waals surface area contributed by atoms with E-state index in [4.69, 9.17) is 5.73 Å². The Morgan fingerprint density at radius 1 is 1.53 bits per heavy atom. The van der Waals surface area contributed by atoms with Gasteiger partial charge in [0.15, 0.2) is 0 Å². The van der Waals surface area contributed by atoms with Crippen molar-refractivity contribution in [2.45, 2.75) is 33.1 Å². The lowest BCUT2D eigenvalue weighted by atomic mass is 9.84. The van der Waals surface area contributed by atoms with E-state index in [9.17, 15) is 14.7 Å². The molecule has 0 saturated carbocycles. The smallest absolute Gasteiger partial charge is 0.311 e. The summed E-state index contributed by atoms with van der Waals surface area (Å²) in [5, 5.41) is 9.23. The first kappa shape index (κ1) is 14.0. The number of nitrogens with zero attached hydrogens (tertiary/aromatic N) is 1. The van der Waals surface area contributed by atoms with Crippen molar-refractivity contribution >= 4 is 11.9 Å². The zero-order valence-electron chi connectivity index (χ0n) is 10.6. The Morgan fingerprint density at radius 3 is 2.59 bits per heavy atom. The monoisotopic (exact) mass is 242 g/mol. The zero-order chi connectivity index (χ0) is 13.1. The normalized spacial score (nSPS) is 25.9. The standard InChI is InChI=1S/C12H22N2O3/c1-3-12(11(16)17)4-5-14(8-12)10(15)6-9(2)7-13/h9H,3-8,13H2,1-2H3,(H,16,17). The molecule has 2 unspecified atom stereocenters. The largest absolute Gasteiger partial charge is 0.481 e. The number of carboxylic acid groups (broad SMARTS) is 1. The van der Waals surface area contributed by atoms with Gasteiger partial charge in [0.1, 0.15) is 0 Å². The van der Waals surface area contributed by atoms with E-state index in [-0.39, 0.29) is 11.8 Å². The molecule has 5 nitrogen and oxygen atoms in total. The lowest BCUT2D eigenvalue weighted by molar-refractivity contribution is -0.148. The lowest BCUT2D eigenvalue weighted by Gasteiger charge is -2.23. The van der Waals surface area contributed by atoms with E-state index in [1.165, 1.54) is 0 Å². The Hall–Kier alpha value is -1.10. The van der Waals surface area contributed by atoms with Crippen LogP contribution in [0.2, 0.25) is 0 Å². The predicted octanol–water partition coefficient (Wildman–Crippen LogP) is 0.685. The Morgan fingerprint density at radius 2 is 2.18 bits per heavy atom. The van der Waals surface area contributed by atoms with Crippen LogP contribution in [-0.4, -0.2) is 41.5 Å². The predicted molar refractivity (Wildman–Crippen MR) is 64.4 cm³/mol. The van der Waals surface area contributed by atoms with Crippen LogP contribution in [0.15, 0.2) is 0 Å². The molecule has 0 aliphatic carbocycles. The molecule has 98 valence electrons. The van der Waals surface area contributed by atoms with Gasteiger partial charge in [-0.05, 0) is 25.3 Å². The second kappa shape index (κ2) is 5.49. The van der Waals surface area contributed by atoms with Crippen molar-refractivity contribution < 1.29 is 14.7 Å². The molecule has 0 bridgehead atoms. The van der Waals surface area contributed by atoms with Gasteiger partial charge in [-0.3, -0.25) is 9.59 Å². The Labute approximate surface area is 102 Å². The van der Waals surface area contributed by atoms with Crippen molar-refractivity contribution in [3.05, 3.63) is 0 Å². The van der Waals surface area contributed by atoms with Gasteiger partial charge in [-0.15, -0.1) is 0 Å². The van der Waals surface area contributed by atoms with E-state index in [2.05, 4.69) is 0 Å². The number of hydrogen-bond donors (Lipinski definition) is 2. The maximum absolute atomic E-state index is 11.9. The number of likely N-dealkylation sites (tertiary alicyclic amines) is 1. The van der Waals surface area contributed by atoms with Gasteiger partial charge >= 0.3 is 5.97 Å². The van der Waals surface area contributed by atoms with E-state index in [0.29, 0.717) is 38.9 Å². The quantitative estimate of drug-likeness (QED) is 0.742. The third-order valence-electron chi connectivity index (χ3n) is 3.76. The Balaban J connectivity index is 2.60. The first-order valence-corrected chi connectivity index (χ1v) is 6.16. The highest BCUT2D eigenvalue weighted by atomic mass is 16.4. The van der Waals surface area contributed by atoms with E-state index in [1.54, 1.807) is 4.90 Å². The maximum atomic E-state index is 11.9. The van der Waals surface area contributed by atoms with Crippen molar-refractivity contribution in [3.63, 3.8) is 0 Å². The van der Waals surface area contributed by atoms with E-state index >= 15 is 0 Å². The topological polar surface area (TPSA) is 83.6 Å². The molecule has 0 radical (unpaired) electrons. The van der Waals surface area contributed by atoms with E-state index < -0.39 is 11.4 Å². The highest BCUT2D eigenvalue weighted by Crippen LogP contribution is 2.34. The number of nitrogens with two attached hydrogens (primary N) is 1. The summed E-state index contributed by atoms with van der Waals surface area (Å²) in [7, 11) is 0. The number of carbonyl (C=O) groups excluding carboxylic acids is 1. The fourth-order valence-electron chi connectivity index (χ4n) is 2.21. The van der Waals surface area contributed by atoms with Gasteiger partial charge in [0.05, 0.1) is 5.41 Å². The SMILES string of the molecule is CCC1(C(=O)O)CCN(C(=O)CC(C)CN)C1. The average molecular weight is 242 g/mol. The molecule has 5 heteroatoms. The van der Waals surface area contributed by atoms with Crippen LogP contribution in [0, 0.1) is 11.3 Å². The molecule has 1 rings (SSSR count). The molecule has 0 aromatic rings. The van der Waals surface area contributed by atoms with Crippen LogP contribution in [0.3, 0.4) is 0 Å². The summed E-state index contributed by atoms with van der Waals surface area (Å²) in [6.07, 6.45) is 1.54. The van der Waals surface area contributed by atoms with Crippen molar-refractivity contribution in [3.8, 4) is 0 Å². The zero-order valence-corrected chi connectivity index (χ0v) is 10.6. The molecule has 1 aliphatic rings. The minimum atomic E-state index is -0.790. The highest BCUT2D eigenvalue weighted by molar-refractivity contribution is 5.80. The molecule has 3 N–H and O–H groups in total. The van der Waals surface area contributed by atoms with Crippen LogP contribution in [0.25, 0.3) is 0 Å². The molecule has 2 atom stereocenters. The molecule has 0 aromatic carbocycles. The summed E-state index contributed by atoms with van der Waals surface area (Å²) in [4.78, 5) is 24.8. The fraction of sp³-hybridized carbons (Fsp3) is 0.833. The second-order valence-corrected chi connectivity index (χ2v) is 5.05. The summed E-state index contributed by atoms with van der Waals surface area (Å²) in [6, 6.07) is 0. The third kappa shape index (κ3) is 2.97. The second-order valence-electron chi connectivity index (χ2n) is 5.05. The number of aliphatic carboxylic acids is 1. The van der Waals surface area contributed by atoms with Gasteiger partial charge in [-0.25, -0.2) is 0 Å². The first-order chi connectivity index (χ1) is 7.95. The number of carboxylic acids is 1.